The first kappa shape index (κ1) is 16.3. The molecule has 0 aromatic heterocycles. The highest BCUT2D eigenvalue weighted by molar-refractivity contribution is 6.60. The van der Waals surface area contributed by atoms with E-state index in [0.717, 1.165) is 32.0 Å². The zero-order chi connectivity index (χ0) is 14.0. The minimum Gasteiger partial charge on any atom is -0.377 e. The van der Waals surface area contributed by atoms with Gasteiger partial charge >= 0.3 is 8.80 Å². The average Bonchev–Trinajstić information content (AvgIpc) is 2.48. The van der Waals surface area contributed by atoms with E-state index in [1.807, 2.05) is 6.07 Å². The number of aryl methyl sites for hydroxylation is 1. The van der Waals surface area contributed by atoms with Gasteiger partial charge in [-0.15, -0.1) is 0 Å². The van der Waals surface area contributed by atoms with Crippen molar-refractivity contribution in [2.45, 2.75) is 18.9 Å². The molecule has 1 aromatic carbocycles. The summed E-state index contributed by atoms with van der Waals surface area (Å²) in [6, 6.07) is 11.3. The van der Waals surface area contributed by atoms with Crippen molar-refractivity contribution in [1.82, 2.24) is 5.32 Å². The van der Waals surface area contributed by atoms with E-state index in [1.165, 1.54) is 5.56 Å². The van der Waals surface area contributed by atoms with Crippen LogP contribution in [0.15, 0.2) is 30.3 Å². The second-order valence-electron chi connectivity index (χ2n) is 4.38. The van der Waals surface area contributed by atoms with Gasteiger partial charge in [0, 0.05) is 27.4 Å². The van der Waals surface area contributed by atoms with E-state index in [0.29, 0.717) is 0 Å². The molecule has 19 heavy (non-hydrogen) atoms. The van der Waals surface area contributed by atoms with Crippen molar-refractivity contribution in [3.8, 4) is 0 Å². The van der Waals surface area contributed by atoms with Crippen LogP contribution < -0.4 is 5.32 Å². The number of rotatable bonds is 10. The van der Waals surface area contributed by atoms with Crippen LogP contribution in [0.25, 0.3) is 0 Å². The summed E-state index contributed by atoms with van der Waals surface area (Å²) in [5.74, 6) is 0. The molecule has 0 saturated carbocycles. The van der Waals surface area contributed by atoms with Crippen molar-refractivity contribution in [1.29, 1.82) is 0 Å². The Morgan fingerprint density at radius 2 is 1.58 bits per heavy atom. The predicted molar refractivity (Wildman–Crippen MR) is 79.2 cm³/mol. The summed E-state index contributed by atoms with van der Waals surface area (Å²) in [4.78, 5) is 0. The Hall–Kier alpha value is -0.723. The molecule has 0 unspecified atom stereocenters. The van der Waals surface area contributed by atoms with E-state index in [-0.39, 0.29) is 0 Å². The Labute approximate surface area is 117 Å². The number of benzene rings is 1. The maximum atomic E-state index is 5.37. The fourth-order valence-electron chi connectivity index (χ4n) is 1.98. The summed E-state index contributed by atoms with van der Waals surface area (Å²) >= 11 is 0. The summed E-state index contributed by atoms with van der Waals surface area (Å²) in [6.07, 6.45) is 2.24. The molecular weight excluding hydrogens is 258 g/mol. The van der Waals surface area contributed by atoms with E-state index in [1.54, 1.807) is 21.3 Å². The fourth-order valence-corrected chi connectivity index (χ4v) is 3.58. The molecule has 0 saturated heterocycles. The van der Waals surface area contributed by atoms with Crippen molar-refractivity contribution in [2.24, 2.45) is 0 Å². The molecule has 0 bridgehead atoms. The van der Waals surface area contributed by atoms with E-state index in [4.69, 9.17) is 13.3 Å². The normalized spacial score (nSPS) is 11.7. The Morgan fingerprint density at radius 3 is 2.16 bits per heavy atom. The van der Waals surface area contributed by atoms with Gasteiger partial charge in [0.15, 0.2) is 0 Å². The SMILES string of the molecule is CO[Si](CCNCCCc1ccccc1)(OC)OC. The van der Waals surface area contributed by atoms with Gasteiger partial charge in [0.2, 0.25) is 0 Å². The minimum absolute atomic E-state index is 0.793. The quantitative estimate of drug-likeness (QED) is 0.527. The number of nitrogens with one attached hydrogen (secondary N) is 1. The maximum absolute atomic E-state index is 5.37. The molecule has 0 aliphatic carbocycles. The summed E-state index contributed by atoms with van der Waals surface area (Å²) in [7, 11) is 2.54. The molecule has 0 atom stereocenters. The van der Waals surface area contributed by atoms with Gasteiger partial charge in [-0.3, -0.25) is 0 Å². The van der Waals surface area contributed by atoms with Gasteiger partial charge in [0.1, 0.15) is 0 Å². The molecule has 0 radical (unpaired) electrons. The zero-order valence-corrected chi connectivity index (χ0v) is 13.1. The van der Waals surface area contributed by atoms with Crippen LogP contribution >= 0.6 is 0 Å². The third-order valence-corrected chi connectivity index (χ3v) is 5.93. The zero-order valence-electron chi connectivity index (χ0n) is 12.1. The summed E-state index contributed by atoms with van der Waals surface area (Å²) in [5.41, 5.74) is 1.39. The highest BCUT2D eigenvalue weighted by atomic mass is 28.4. The first-order chi connectivity index (χ1) is 9.26. The van der Waals surface area contributed by atoms with Crippen molar-refractivity contribution in [3.05, 3.63) is 35.9 Å². The van der Waals surface area contributed by atoms with Gasteiger partial charge in [-0.2, -0.15) is 0 Å². The summed E-state index contributed by atoms with van der Waals surface area (Å²) in [5, 5.41) is 3.41. The molecule has 1 aromatic rings. The summed E-state index contributed by atoms with van der Waals surface area (Å²) in [6.45, 7) is 1.85. The smallest absolute Gasteiger partial charge is 0.377 e. The van der Waals surface area contributed by atoms with E-state index in [9.17, 15) is 0 Å². The molecule has 1 rings (SSSR count). The van der Waals surface area contributed by atoms with Crippen LogP contribution in [0.2, 0.25) is 6.04 Å². The molecule has 0 aliphatic heterocycles. The molecule has 108 valence electrons. The molecule has 4 nitrogen and oxygen atoms in total. The van der Waals surface area contributed by atoms with Gasteiger partial charge in [-0.05, 0) is 31.5 Å². The van der Waals surface area contributed by atoms with Crippen molar-refractivity contribution < 1.29 is 13.3 Å². The van der Waals surface area contributed by atoms with Gasteiger partial charge in [0.25, 0.3) is 0 Å². The van der Waals surface area contributed by atoms with Crippen LogP contribution in [-0.4, -0.2) is 43.2 Å². The fraction of sp³-hybridized carbons (Fsp3) is 0.571. The maximum Gasteiger partial charge on any atom is 0.501 e. The standard InChI is InChI=1S/C14H25NO3Si/c1-16-19(17-2,18-3)13-12-15-11-7-10-14-8-5-4-6-9-14/h4-6,8-9,15H,7,10-13H2,1-3H3. The first-order valence-electron chi connectivity index (χ1n) is 6.66. The van der Waals surface area contributed by atoms with Crippen molar-refractivity contribution in [3.63, 3.8) is 0 Å². The Balaban J connectivity index is 2.11. The van der Waals surface area contributed by atoms with Crippen LogP contribution in [0.4, 0.5) is 0 Å². The van der Waals surface area contributed by atoms with Crippen LogP contribution in [0.1, 0.15) is 12.0 Å². The largest absolute Gasteiger partial charge is 0.501 e. The van der Waals surface area contributed by atoms with Gasteiger partial charge in [0.05, 0.1) is 0 Å². The van der Waals surface area contributed by atoms with Crippen LogP contribution in [0.3, 0.4) is 0 Å². The molecular formula is C14H25NO3Si. The number of hydrogen-bond acceptors (Lipinski definition) is 4. The molecule has 5 heteroatoms. The van der Waals surface area contributed by atoms with Crippen molar-refractivity contribution >= 4 is 8.80 Å². The third kappa shape index (κ3) is 5.84. The van der Waals surface area contributed by atoms with Crippen LogP contribution in [-0.2, 0) is 19.7 Å². The van der Waals surface area contributed by atoms with E-state index in [2.05, 4.69) is 29.6 Å². The predicted octanol–water partition coefficient (Wildman–Crippen LogP) is 2.09. The monoisotopic (exact) mass is 283 g/mol. The average molecular weight is 283 g/mol. The third-order valence-electron chi connectivity index (χ3n) is 3.20. The molecule has 0 heterocycles. The summed E-state index contributed by atoms with van der Waals surface area (Å²) < 4.78 is 16.1. The molecule has 0 spiro atoms. The lowest BCUT2D eigenvalue weighted by Gasteiger charge is -2.24. The Morgan fingerprint density at radius 1 is 0.947 bits per heavy atom. The number of hydrogen-bond donors (Lipinski definition) is 1. The van der Waals surface area contributed by atoms with E-state index < -0.39 is 8.80 Å². The minimum atomic E-state index is -2.40. The first-order valence-corrected chi connectivity index (χ1v) is 8.59. The second-order valence-corrected chi connectivity index (χ2v) is 7.48. The highest BCUT2D eigenvalue weighted by Gasteiger charge is 2.36. The van der Waals surface area contributed by atoms with Crippen LogP contribution in [0.5, 0.6) is 0 Å². The van der Waals surface area contributed by atoms with Gasteiger partial charge < -0.3 is 18.6 Å². The lowest BCUT2D eigenvalue weighted by Crippen LogP contribution is -2.45. The van der Waals surface area contributed by atoms with Crippen molar-refractivity contribution in [2.75, 3.05) is 34.4 Å². The van der Waals surface area contributed by atoms with Gasteiger partial charge in [-0.25, -0.2) is 0 Å². The molecule has 0 aliphatic rings. The Kier molecular flexibility index (Phi) is 7.93. The lowest BCUT2D eigenvalue weighted by atomic mass is 10.1. The molecule has 1 N–H and O–H groups in total. The second kappa shape index (κ2) is 9.22. The van der Waals surface area contributed by atoms with Gasteiger partial charge in [-0.1, -0.05) is 30.3 Å². The Bertz CT molecular complexity index is 322. The molecule has 0 amide bonds. The highest BCUT2D eigenvalue weighted by Crippen LogP contribution is 2.11. The molecule has 0 fully saturated rings. The lowest BCUT2D eigenvalue weighted by molar-refractivity contribution is 0.123. The topological polar surface area (TPSA) is 39.7 Å². The van der Waals surface area contributed by atoms with E-state index >= 15 is 0 Å². The van der Waals surface area contributed by atoms with Crippen LogP contribution in [0, 0.1) is 0 Å².